The smallest absolute Gasteiger partial charge is 0.884 e. The molecular formula is C11H9FeKO2. The predicted molar refractivity (Wildman–Crippen MR) is 47.3 cm³/mol. The van der Waals surface area contributed by atoms with Crippen LogP contribution in [-0.2, 0) is 17.1 Å². The molecule has 0 aromatic heterocycles. The number of rotatable bonds is 0. The third-order valence-electron chi connectivity index (χ3n) is 1.45. The van der Waals surface area contributed by atoms with Crippen molar-refractivity contribution in [2.45, 2.75) is 0 Å². The van der Waals surface area contributed by atoms with Gasteiger partial charge in [-0.3, -0.25) is 0 Å². The Kier molecular flexibility index (Phi) is 12.8. The minimum Gasteiger partial charge on any atom is -0.884 e. The summed E-state index contributed by atoms with van der Waals surface area (Å²) in [7, 11) is 0. The van der Waals surface area contributed by atoms with E-state index in [-0.39, 0.29) is 74.0 Å². The van der Waals surface area contributed by atoms with E-state index in [0.717, 1.165) is 0 Å². The molecule has 1 aliphatic carbocycles. The largest absolute Gasteiger partial charge is 2.00 e. The molecule has 0 amide bonds. The van der Waals surface area contributed by atoms with Gasteiger partial charge in [0, 0.05) is 0 Å². The number of allylic oxidation sites excluding steroid dienone is 5. The van der Waals surface area contributed by atoms with Crippen LogP contribution in [0.3, 0.4) is 0 Å². The maximum atomic E-state index is 9.95. The average molecular weight is 268 g/mol. The van der Waals surface area contributed by atoms with E-state index >= 15 is 0 Å². The van der Waals surface area contributed by atoms with Crippen molar-refractivity contribution in [2.75, 3.05) is 0 Å². The third kappa shape index (κ3) is 8.17. The van der Waals surface area contributed by atoms with Crippen LogP contribution in [0.2, 0.25) is 0 Å². The van der Waals surface area contributed by atoms with E-state index in [4.69, 9.17) is 0 Å². The van der Waals surface area contributed by atoms with E-state index in [1.165, 1.54) is 12.2 Å². The van der Waals surface area contributed by atoms with E-state index in [1.807, 2.05) is 30.3 Å². The van der Waals surface area contributed by atoms with Crippen LogP contribution < -0.4 is 61.6 Å². The molecule has 0 bridgehead atoms. The molecule has 1 aromatic rings. The molecule has 0 heterocycles. The van der Waals surface area contributed by atoms with Crippen molar-refractivity contribution in [3.63, 3.8) is 0 Å². The molecule has 0 fully saturated rings. The van der Waals surface area contributed by atoms with Crippen LogP contribution >= 0.6 is 0 Å². The van der Waals surface area contributed by atoms with Crippen molar-refractivity contribution in [3.8, 4) is 0 Å². The van der Waals surface area contributed by atoms with E-state index in [0.29, 0.717) is 0 Å². The second-order valence-electron chi connectivity index (χ2n) is 2.42. The second-order valence-corrected chi connectivity index (χ2v) is 2.42. The van der Waals surface area contributed by atoms with Crippen LogP contribution in [0.1, 0.15) is 0 Å². The molecule has 0 N–H and O–H groups in total. The second kappa shape index (κ2) is 10.8. The van der Waals surface area contributed by atoms with Gasteiger partial charge < -0.3 is 10.2 Å². The normalized spacial score (nSPS) is 10.8. The quantitative estimate of drug-likeness (QED) is 0.295. The first-order chi connectivity index (χ1) is 6.30. The molecule has 0 radical (unpaired) electrons. The molecule has 1 aromatic carbocycles. The Hall–Kier alpha value is 0.326. The Morgan fingerprint density at radius 2 is 1.47 bits per heavy atom. The maximum Gasteiger partial charge on any atom is 2.00 e. The van der Waals surface area contributed by atoms with E-state index in [9.17, 15) is 10.2 Å². The molecule has 15 heavy (non-hydrogen) atoms. The minimum absolute atomic E-state index is 0. The topological polar surface area (TPSA) is 46.1 Å². The molecule has 0 saturated heterocycles. The van der Waals surface area contributed by atoms with Gasteiger partial charge in [-0.25, -0.2) is 12.1 Å². The van der Waals surface area contributed by atoms with Gasteiger partial charge in [0.05, 0.1) is 0 Å². The summed E-state index contributed by atoms with van der Waals surface area (Å²) in [5.74, 6) is -1.12. The van der Waals surface area contributed by atoms with Crippen LogP contribution in [0.25, 0.3) is 0 Å². The van der Waals surface area contributed by atoms with Gasteiger partial charge in [-0.15, -0.1) is 0 Å². The summed E-state index contributed by atoms with van der Waals surface area (Å²) >= 11 is 0. The fourth-order valence-corrected chi connectivity index (χ4v) is 0.831. The Morgan fingerprint density at radius 3 is 1.67 bits per heavy atom. The zero-order chi connectivity index (χ0) is 9.52. The summed E-state index contributed by atoms with van der Waals surface area (Å²) < 4.78 is 0. The van der Waals surface area contributed by atoms with Crippen molar-refractivity contribution >= 4 is 0 Å². The summed E-state index contributed by atoms with van der Waals surface area (Å²) in [5.41, 5.74) is 0.241. The fourth-order valence-electron chi connectivity index (χ4n) is 0.831. The van der Waals surface area contributed by atoms with E-state index in [2.05, 4.69) is 0 Å². The van der Waals surface area contributed by atoms with Gasteiger partial charge in [-0.05, 0) is 5.57 Å². The molecule has 0 atom stereocenters. The van der Waals surface area contributed by atoms with Crippen molar-refractivity contribution in [1.82, 2.24) is 0 Å². The van der Waals surface area contributed by atoms with Gasteiger partial charge >= 0.3 is 68.5 Å². The molecule has 0 spiro atoms. The molecule has 0 saturated carbocycles. The van der Waals surface area contributed by atoms with Gasteiger partial charge in [0.15, 0.2) is 0 Å². The zero-order valence-electron chi connectivity index (χ0n) is 8.37. The summed E-state index contributed by atoms with van der Waals surface area (Å²) in [5, 5.41) is 19.9. The van der Waals surface area contributed by atoms with Crippen molar-refractivity contribution in [2.24, 2.45) is 0 Å². The Bertz CT molecular complexity index is 291. The first kappa shape index (κ1) is 17.7. The van der Waals surface area contributed by atoms with Crippen molar-refractivity contribution in [3.05, 3.63) is 66.2 Å². The Labute approximate surface area is 143 Å². The molecule has 0 unspecified atom stereocenters. The van der Waals surface area contributed by atoms with Gasteiger partial charge in [-0.2, -0.15) is 24.1 Å². The van der Waals surface area contributed by atoms with Crippen LogP contribution in [-0.4, -0.2) is 0 Å². The monoisotopic (exact) mass is 268 g/mol. The zero-order valence-corrected chi connectivity index (χ0v) is 12.6. The van der Waals surface area contributed by atoms with Gasteiger partial charge in [0.25, 0.3) is 0 Å². The Morgan fingerprint density at radius 1 is 1.00 bits per heavy atom. The standard InChI is InChI=1S/C6H6O2.C5H5.Fe.K/c7-6(8)5-3-1-2-4-5;1-2-4-5-3-1;;/h1-4,7-8H;1-5H;;/q;-1;+2;+1/p-2. The maximum absolute atomic E-state index is 9.95. The fraction of sp³-hybridized carbons (Fsp3) is 0. The van der Waals surface area contributed by atoms with E-state index < -0.39 is 5.95 Å². The predicted octanol–water partition coefficient (Wildman–Crippen LogP) is -2.55. The number of hydrogen-bond donors (Lipinski definition) is 0. The van der Waals surface area contributed by atoms with Crippen LogP contribution in [0, 0.1) is 0 Å². The van der Waals surface area contributed by atoms with Gasteiger partial charge in [0.1, 0.15) is 0 Å². The summed E-state index contributed by atoms with van der Waals surface area (Å²) in [6, 6.07) is 10.0. The number of hydrogen-bond acceptors (Lipinski definition) is 2. The summed E-state index contributed by atoms with van der Waals surface area (Å²) in [6.45, 7) is 0. The SMILES string of the molecule is [Fe+2].[K+].[O-]C([O-])=C1C=CC=C1.c1cc[cH-]c1. The molecular weight excluding hydrogens is 259 g/mol. The van der Waals surface area contributed by atoms with Crippen LogP contribution in [0.15, 0.2) is 66.2 Å². The van der Waals surface area contributed by atoms with Gasteiger partial charge in [-0.1, -0.05) is 24.3 Å². The molecule has 2 nitrogen and oxygen atoms in total. The third-order valence-corrected chi connectivity index (χ3v) is 1.45. The summed E-state index contributed by atoms with van der Waals surface area (Å²) in [6.07, 6.45) is 6.31. The summed E-state index contributed by atoms with van der Waals surface area (Å²) in [4.78, 5) is 0. The Balaban J connectivity index is 0. The van der Waals surface area contributed by atoms with E-state index in [1.54, 1.807) is 12.2 Å². The van der Waals surface area contributed by atoms with Crippen LogP contribution in [0.5, 0.6) is 0 Å². The molecule has 2 rings (SSSR count). The minimum atomic E-state index is -1.12. The van der Waals surface area contributed by atoms with Gasteiger partial charge in [0.2, 0.25) is 0 Å². The molecule has 0 aliphatic heterocycles. The first-order valence-corrected chi connectivity index (χ1v) is 3.90. The molecule has 74 valence electrons. The molecule has 1 aliphatic rings. The molecule has 4 heteroatoms. The van der Waals surface area contributed by atoms with Crippen LogP contribution in [0.4, 0.5) is 0 Å². The van der Waals surface area contributed by atoms with Crippen molar-refractivity contribution in [1.29, 1.82) is 0 Å². The first-order valence-electron chi connectivity index (χ1n) is 3.90. The average Bonchev–Trinajstić information content (AvgIpc) is 2.82. The van der Waals surface area contributed by atoms with Crippen molar-refractivity contribution < 1.29 is 78.7 Å².